The number of nitrogens with two attached hydrogens (primary N) is 1. The number of hydrogen-bond acceptors (Lipinski definition) is 3. The fourth-order valence-electron chi connectivity index (χ4n) is 2.21. The van der Waals surface area contributed by atoms with Crippen molar-refractivity contribution in [2.45, 2.75) is 0 Å². The minimum Gasteiger partial charge on any atom is -0.399 e. The van der Waals surface area contributed by atoms with Gasteiger partial charge in [0, 0.05) is 29.0 Å². The number of anilines is 1. The molecule has 1 aromatic heterocycles. The van der Waals surface area contributed by atoms with Crippen LogP contribution in [0.4, 0.5) is 5.69 Å². The first-order chi connectivity index (χ1) is 10.2. The molecule has 0 bridgehead atoms. The maximum atomic E-state index is 12.4. The summed E-state index contributed by atoms with van der Waals surface area (Å²) in [6, 6.07) is 14.9. The lowest BCUT2D eigenvalue weighted by atomic mass is 10.0. The Bertz CT molecular complexity index is 815. The molecule has 0 aliphatic carbocycles. The van der Waals surface area contributed by atoms with Gasteiger partial charge < -0.3 is 5.73 Å². The van der Waals surface area contributed by atoms with Crippen LogP contribution in [0.3, 0.4) is 0 Å². The highest BCUT2D eigenvalue weighted by molar-refractivity contribution is 6.14. The zero-order valence-electron chi connectivity index (χ0n) is 11.4. The van der Waals surface area contributed by atoms with E-state index in [9.17, 15) is 4.79 Å². The summed E-state index contributed by atoms with van der Waals surface area (Å²) in [7, 11) is 0. The van der Waals surface area contributed by atoms with Crippen molar-refractivity contribution in [3.8, 4) is 0 Å². The molecule has 3 heteroatoms. The first-order valence-corrected chi connectivity index (χ1v) is 6.65. The van der Waals surface area contributed by atoms with Crippen LogP contribution in [0.2, 0.25) is 0 Å². The van der Waals surface area contributed by atoms with Gasteiger partial charge in [-0.25, -0.2) is 0 Å². The molecule has 21 heavy (non-hydrogen) atoms. The van der Waals surface area contributed by atoms with E-state index in [4.69, 9.17) is 5.73 Å². The summed E-state index contributed by atoms with van der Waals surface area (Å²) in [5.41, 5.74) is 7.97. The maximum absolute atomic E-state index is 12.4. The second kappa shape index (κ2) is 5.59. The molecule has 3 aromatic rings. The number of nitrogens with zero attached hydrogens (tertiary/aromatic N) is 1. The van der Waals surface area contributed by atoms with Crippen LogP contribution in [0.5, 0.6) is 0 Å². The lowest BCUT2D eigenvalue weighted by Gasteiger charge is -2.02. The molecular weight excluding hydrogens is 260 g/mol. The van der Waals surface area contributed by atoms with Crippen molar-refractivity contribution in [1.82, 2.24) is 4.98 Å². The van der Waals surface area contributed by atoms with Gasteiger partial charge in [0.1, 0.15) is 0 Å². The smallest absolute Gasteiger partial charge is 0.186 e. The first-order valence-electron chi connectivity index (χ1n) is 6.65. The lowest BCUT2D eigenvalue weighted by molar-refractivity contribution is 0.104. The van der Waals surface area contributed by atoms with Crippen molar-refractivity contribution in [2.75, 3.05) is 5.73 Å². The fraction of sp³-hybridized carbons (Fsp3) is 0. The number of benzene rings is 2. The van der Waals surface area contributed by atoms with Gasteiger partial charge in [0.2, 0.25) is 0 Å². The van der Waals surface area contributed by atoms with Crippen LogP contribution in [0.1, 0.15) is 15.9 Å². The molecule has 0 aliphatic rings. The number of fused-ring (bicyclic) bond motifs is 1. The highest BCUT2D eigenvalue weighted by Gasteiger charge is 2.06. The first kappa shape index (κ1) is 13.1. The number of allylic oxidation sites excluding steroid dienone is 1. The van der Waals surface area contributed by atoms with E-state index >= 15 is 0 Å². The van der Waals surface area contributed by atoms with Crippen LogP contribution >= 0.6 is 0 Å². The van der Waals surface area contributed by atoms with Crippen molar-refractivity contribution < 1.29 is 4.79 Å². The second-order valence-corrected chi connectivity index (χ2v) is 4.77. The Morgan fingerprint density at radius 2 is 1.86 bits per heavy atom. The van der Waals surface area contributed by atoms with Gasteiger partial charge in [-0.1, -0.05) is 36.4 Å². The number of rotatable bonds is 3. The van der Waals surface area contributed by atoms with Crippen LogP contribution in [0, 0.1) is 0 Å². The van der Waals surface area contributed by atoms with E-state index in [0.29, 0.717) is 11.3 Å². The van der Waals surface area contributed by atoms with Gasteiger partial charge in [0.15, 0.2) is 5.78 Å². The van der Waals surface area contributed by atoms with Gasteiger partial charge in [-0.05, 0) is 35.2 Å². The van der Waals surface area contributed by atoms with E-state index in [1.165, 1.54) is 0 Å². The Morgan fingerprint density at radius 1 is 1.05 bits per heavy atom. The van der Waals surface area contributed by atoms with Crippen LogP contribution in [0.25, 0.3) is 16.8 Å². The summed E-state index contributed by atoms with van der Waals surface area (Å²) in [5, 5.41) is 1.88. The monoisotopic (exact) mass is 274 g/mol. The number of pyridine rings is 1. The lowest BCUT2D eigenvalue weighted by Crippen LogP contribution is -1.95. The largest absolute Gasteiger partial charge is 0.399 e. The Hall–Kier alpha value is -2.94. The van der Waals surface area contributed by atoms with Gasteiger partial charge in [-0.15, -0.1) is 0 Å². The van der Waals surface area contributed by atoms with E-state index < -0.39 is 0 Å². The molecule has 0 radical (unpaired) electrons. The standard InChI is InChI=1S/C18H14N2O/c19-15-7-4-13(5-8-15)6-9-18(21)17-3-1-2-14-12-20-11-10-16(14)17/h1-12H,19H2/b9-6+. The number of aromatic nitrogens is 1. The minimum absolute atomic E-state index is 0.0244. The predicted octanol–water partition coefficient (Wildman–Crippen LogP) is 3.71. The van der Waals surface area contributed by atoms with Gasteiger partial charge in [0.05, 0.1) is 0 Å². The normalized spacial score (nSPS) is 11.0. The minimum atomic E-state index is -0.0244. The molecule has 3 rings (SSSR count). The van der Waals surface area contributed by atoms with Crippen molar-refractivity contribution in [2.24, 2.45) is 0 Å². The number of nitrogen functional groups attached to an aromatic ring is 1. The third-order valence-electron chi connectivity index (χ3n) is 3.31. The summed E-state index contributed by atoms with van der Waals surface area (Å²) < 4.78 is 0. The van der Waals surface area contributed by atoms with Crippen LogP contribution in [0.15, 0.2) is 67.0 Å². The Labute approximate surface area is 122 Å². The Kier molecular flexibility index (Phi) is 3.48. The molecule has 2 N–H and O–H groups in total. The van der Waals surface area contributed by atoms with Crippen molar-refractivity contribution in [3.63, 3.8) is 0 Å². The molecular formula is C18H14N2O. The summed E-state index contributed by atoms with van der Waals surface area (Å²) in [6.07, 6.45) is 6.83. The molecule has 0 spiro atoms. The summed E-state index contributed by atoms with van der Waals surface area (Å²) >= 11 is 0. The van der Waals surface area contributed by atoms with Gasteiger partial charge >= 0.3 is 0 Å². The number of carbonyl (C=O) groups is 1. The molecule has 102 valence electrons. The van der Waals surface area contributed by atoms with E-state index in [0.717, 1.165) is 16.3 Å². The average molecular weight is 274 g/mol. The zero-order chi connectivity index (χ0) is 14.7. The predicted molar refractivity (Wildman–Crippen MR) is 86.0 cm³/mol. The van der Waals surface area contributed by atoms with Crippen LogP contribution < -0.4 is 5.73 Å². The zero-order valence-corrected chi connectivity index (χ0v) is 11.4. The summed E-state index contributed by atoms with van der Waals surface area (Å²) in [5.74, 6) is -0.0244. The topological polar surface area (TPSA) is 56.0 Å². The van der Waals surface area contributed by atoms with Crippen LogP contribution in [-0.2, 0) is 0 Å². The number of hydrogen-bond donors (Lipinski definition) is 1. The van der Waals surface area contributed by atoms with Gasteiger partial charge in [-0.2, -0.15) is 0 Å². The Morgan fingerprint density at radius 3 is 2.67 bits per heavy atom. The second-order valence-electron chi connectivity index (χ2n) is 4.77. The summed E-state index contributed by atoms with van der Waals surface area (Å²) in [6.45, 7) is 0. The van der Waals surface area contributed by atoms with Crippen LogP contribution in [-0.4, -0.2) is 10.8 Å². The molecule has 0 amide bonds. The molecule has 0 saturated carbocycles. The van der Waals surface area contributed by atoms with E-state index in [2.05, 4.69) is 4.98 Å². The molecule has 0 saturated heterocycles. The van der Waals surface area contributed by atoms with Crippen molar-refractivity contribution in [1.29, 1.82) is 0 Å². The van der Waals surface area contributed by atoms with E-state index in [1.807, 2.05) is 48.5 Å². The Balaban J connectivity index is 1.92. The van der Waals surface area contributed by atoms with Crippen molar-refractivity contribution in [3.05, 3.63) is 78.1 Å². The number of ketones is 1. The SMILES string of the molecule is Nc1ccc(/C=C/C(=O)c2cccc3cnccc23)cc1. The molecule has 0 atom stereocenters. The quantitative estimate of drug-likeness (QED) is 0.450. The highest BCUT2D eigenvalue weighted by atomic mass is 16.1. The highest BCUT2D eigenvalue weighted by Crippen LogP contribution is 2.18. The van der Waals surface area contributed by atoms with Gasteiger partial charge in [0.25, 0.3) is 0 Å². The average Bonchev–Trinajstić information content (AvgIpc) is 2.53. The molecule has 2 aromatic carbocycles. The third-order valence-corrected chi connectivity index (χ3v) is 3.31. The molecule has 1 heterocycles. The molecule has 0 fully saturated rings. The molecule has 3 nitrogen and oxygen atoms in total. The fourth-order valence-corrected chi connectivity index (χ4v) is 2.21. The maximum Gasteiger partial charge on any atom is 0.186 e. The van der Waals surface area contributed by atoms with Gasteiger partial charge in [-0.3, -0.25) is 9.78 Å². The van der Waals surface area contributed by atoms with E-state index in [1.54, 1.807) is 24.5 Å². The molecule has 0 unspecified atom stereocenters. The van der Waals surface area contributed by atoms with Crippen molar-refractivity contribution >= 4 is 28.3 Å². The van der Waals surface area contributed by atoms with E-state index in [-0.39, 0.29) is 5.78 Å². The number of carbonyl (C=O) groups excluding carboxylic acids is 1. The third kappa shape index (κ3) is 2.82. The molecule has 0 aliphatic heterocycles. The summed E-state index contributed by atoms with van der Waals surface area (Å²) in [4.78, 5) is 16.4.